The Kier molecular flexibility index (Phi) is 4.95. The van der Waals surface area contributed by atoms with Gasteiger partial charge in [0.1, 0.15) is 5.60 Å². The monoisotopic (exact) mass is 375 g/mol. The number of nitrogens with zero attached hydrogens (tertiary/aromatic N) is 4. The number of benzene rings is 1. The Hall–Kier alpha value is -2.84. The predicted octanol–water partition coefficient (Wildman–Crippen LogP) is 3.16. The van der Waals surface area contributed by atoms with Crippen LogP contribution in [0.3, 0.4) is 0 Å². The summed E-state index contributed by atoms with van der Waals surface area (Å²) in [7, 11) is 1.92. The van der Waals surface area contributed by atoms with E-state index in [1.54, 1.807) is 11.0 Å². The van der Waals surface area contributed by atoms with E-state index in [0.29, 0.717) is 36.0 Å². The lowest BCUT2D eigenvalue weighted by Crippen LogP contribution is -2.36. The van der Waals surface area contributed by atoms with Crippen LogP contribution in [-0.4, -0.2) is 58.2 Å². The van der Waals surface area contributed by atoms with Crippen molar-refractivity contribution in [2.45, 2.75) is 32.8 Å². The van der Waals surface area contributed by atoms with E-state index in [2.05, 4.69) is 9.97 Å². The first-order valence-electron chi connectivity index (χ1n) is 8.95. The van der Waals surface area contributed by atoms with Gasteiger partial charge in [-0.3, -0.25) is 10.1 Å². The van der Waals surface area contributed by atoms with E-state index in [0.717, 1.165) is 13.0 Å². The number of ether oxygens (including phenoxy) is 1. The van der Waals surface area contributed by atoms with Gasteiger partial charge in [-0.25, -0.2) is 9.78 Å². The Morgan fingerprint density at radius 1 is 1.48 bits per heavy atom. The third kappa shape index (κ3) is 4.47. The van der Waals surface area contributed by atoms with Crippen molar-refractivity contribution >= 4 is 28.8 Å². The number of non-ortho nitro benzene ring substituents is 1. The summed E-state index contributed by atoms with van der Waals surface area (Å²) in [4.78, 5) is 34.0. The third-order valence-electron chi connectivity index (χ3n) is 4.49. The Labute approximate surface area is 157 Å². The summed E-state index contributed by atoms with van der Waals surface area (Å²) in [5.74, 6) is 0.964. The van der Waals surface area contributed by atoms with Crippen LogP contribution in [0.2, 0.25) is 0 Å². The molecule has 1 N–H and O–H groups in total. The van der Waals surface area contributed by atoms with E-state index < -0.39 is 10.5 Å². The van der Waals surface area contributed by atoms with Gasteiger partial charge in [0.15, 0.2) is 0 Å². The molecule has 3 rings (SSSR count). The van der Waals surface area contributed by atoms with Crippen LogP contribution in [0, 0.1) is 16.0 Å². The summed E-state index contributed by atoms with van der Waals surface area (Å²) in [6.07, 6.45) is 0.624. The molecular formula is C18H25N5O4. The van der Waals surface area contributed by atoms with E-state index in [-0.39, 0.29) is 11.8 Å². The van der Waals surface area contributed by atoms with Crippen molar-refractivity contribution < 1.29 is 14.5 Å². The molecule has 1 aliphatic rings. The number of nitrogens with one attached hydrogen (secondary N) is 1. The number of nitro groups is 1. The Morgan fingerprint density at radius 3 is 2.89 bits per heavy atom. The second kappa shape index (κ2) is 7.05. The smallest absolute Gasteiger partial charge is 0.410 e. The second-order valence-electron chi connectivity index (χ2n) is 7.98. The molecule has 27 heavy (non-hydrogen) atoms. The summed E-state index contributed by atoms with van der Waals surface area (Å²) in [6.45, 7) is 7.63. The average molecular weight is 375 g/mol. The van der Waals surface area contributed by atoms with Gasteiger partial charge >= 0.3 is 6.09 Å². The number of carbonyl (C=O) groups excluding carboxylic acids is 1. The normalized spacial score (nSPS) is 17.3. The number of aromatic nitrogens is 2. The number of likely N-dealkylation sites (tertiary alicyclic amines) is 1. The molecule has 146 valence electrons. The lowest BCUT2D eigenvalue weighted by molar-refractivity contribution is -0.384. The van der Waals surface area contributed by atoms with Crippen LogP contribution in [0.25, 0.3) is 11.0 Å². The molecule has 0 saturated carbocycles. The van der Waals surface area contributed by atoms with Crippen LogP contribution in [0.1, 0.15) is 27.2 Å². The van der Waals surface area contributed by atoms with Crippen molar-refractivity contribution in [2.24, 2.45) is 5.92 Å². The summed E-state index contributed by atoms with van der Waals surface area (Å²) < 4.78 is 5.43. The zero-order chi connectivity index (χ0) is 19.8. The number of carbonyl (C=O) groups is 1. The van der Waals surface area contributed by atoms with Gasteiger partial charge in [0.2, 0.25) is 5.95 Å². The highest BCUT2D eigenvalue weighted by Crippen LogP contribution is 2.24. The first-order valence-corrected chi connectivity index (χ1v) is 8.95. The third-order valence-corrected chi connectivity index (χ3v) is 4.49. The van der Waals surface area contributed by atoms with Gasteiger partial charge < -0.3 is 19.5 Å². The van der Waals surface area contributed by atoms with E-state index >= 15 is 0 Å². The maximum atomic E-state index is 12.2. The number of H-pyrrole nitrogens is 1. The van der Waals surface area contributed by atoms with Crippen molar-refractivity contribution in [1.82, 2.24) is 14.9 Å². The first-order chi connectivity index (χ1) is 12.6. The highest BCUT2D eigenvalue weighted by Gasteiger charge is 2.30. The molecule has 2 aromatic rings. The van der Waals surface area contributed by atoms with E-state index in [4.69, 9.17) is 4.74 Å². The quantitative estimate of drug-likeness (QED) is 0.650. The number of hydrogen-bond acceptors (Lipinski definition) is 6. The predicted molar refractivity (Wildman–Crippen MR) is 102 cm³/mol. The number of imidazole rings is 1. The van der Waals surface area contributed by atoms with E-state index in [1.165, 1.54) is 12.1 Å². The first kappa shape index (κ1) is 18.9. The zero-order valence-electron chi connectivity index (χ0n) is 16.1. The molecular weight excluding hydrogens is 350 g/mol. The number of anilines is 1. The molecule has 1 amide bonds. The largest absolute Gasteiger partial charge is 0.444 e. The molecule has 9 nitrogen and oxygen atoms in total. The molecule has 1 aromatic carbocycles. The molecule has 1 fully saturated rings. The van der Waals surface area contributed by atoms with Gasteiger partial charge in [0.05, 0.1) is 16.0 Å². The summed E-state index contributed by atoms with van der Waals surface area (Å²) in [6, 6.07) is 4.57. The summed E-state index contributed by atoms with van der Waals surface area (Å²) in [5, 5.41) is 10.9. The maximum Gasteiger partial charge on any atom is 0.410 e. The average Bonchev–Trinajstić information content (AvgIpc) is 3.18. The summed E-state index contributed by atoms with van der Waals surface area (Å²) >= 11 is 0. The van der Waals surface area contributed by atoms with Gasteiger partial charge in [-0.1, -0.05) is 0 Å². The topological polar surface area (TPSA) is 105 Å². The fraction of sp³-hybridized carbons (Fsp3) is 0.556. The minimum atomic E-state index is -0.497. The van der Waals surface area contributed by atoms with Gasteiger partial charge in [0, 0.05) is 38.8 Å². The van der Waals surface area contributed by atoms with E-state index in [1.807, 2.05) is 32.7 Å². The second-order valence-corrected chi connectivity index (χ2v) is 7.98. The van der Waals surface area contributed by atoms with Crippen molar-refractivity contribution in [1.29, 1.82) is 0 Å². The van der Waals surface area contributed by atoms with Gasteiger partial charge in [-0.05, 0) is 39.2 Å². The fourth-order valence-corrected chi connectivity index (χ4v) is 3.23. The maximum absolute atomic E-state index is 12.2. The highest BCUT2D eigenvalue weighted by molar-refractivity contribution is 5.80. The summed E-state index contributed by atoms with van der Waals surface area (Å²) in [5.41, 5.74) is 0.851. The van der Waals surface area contributed by atoms with Crippen molar-refractivity contribution in [3.8, 4) is 0 Å². The Balaban J connectivity index is 1.62. The molecule has 0 radical (unpaired) electrons. The molecule has 0 aliphatic carbocycles. The molecule has 2 heterocycles. The highest BCUT2D eigenvalue weighted by atomic mass is 16.6. The lowest BCUT2D eigenvalue weighted by atomic mass is 10.1. The molecule has 0 unspecified atom stereocenters. The van der Waals surface area contributed by atoms with Crippen LogP contribution in [0.4, 0.5) is 16.4 Å². The fourth-order valence-electron chi connectivity index (χ4n) is 3.23. The molecule has 9 heteroatoms. The Morgan fingerprint density at radius 2 is 2.22 bits per heavy atom. The number of aromatic amines is 1. The lowest BCUT2D eigenvalue weighted by Gasteiger charge is -2.25. The van der Waals surface area contributed by atoms with Gasteiger partial charge in [-0.15, -0.1) is 0 Å². The number of hydrogen-bond donors (Lipinski definition) is 1. The number of nitro benzene ring substituents is 1. The number of amides is 1. The van der Waals surface area contributed by atoms with Crippen LogP contribution in [-0.2, 0) is 4.74 Å². The van der Waals surface area contributed by atoms with Crippen LogP contribution in [0.5, 0.6) is 0 Å². The van der Waals surface area contributed by atoms with Crippen molar-refractivity contribution in [2.75, 3.05) is 31.6 Å². The minimum absolute atomic E-state index is 0.0316. The zero-order valence-corrected chi connectivity index (χ0v) is 16.1. The van der Waals surface area contributed by atoms with Crippen LogP contribution in [0.15, 0.2) is 18.2 Å². The van der Waals surface area contributed by atoms with E-state index in [9.17, 15) is 14.9 Å². The van der Waals surface area contributed by atoms with Crippen LogP contribution < -0.4 is 4.90 Å². The number of fused-ring (bicyclic) bond motifs is 1. The molecule has 1 aliphatic heterocycles. The molecule has 0 spiro atoms. The van der Waals surface area contributed by atoms with Gasteiger partial charge in [0.25, 0.3) is 5.69 Å². The number of rotatable bonds is 4. The molecule has 0 bridgehead atoms. The van der Waals surface area contributed by atoms with Crippen LogP contribution >= 0.6 is 0 Å². The molecule has 1 aromatic heterocycles. The van der Waals surface area contributed by atoms with Gasteiger partial charge in [-0.2, -0.15) is 0 Å². The Bertz CT molecular complexity index is 857. The SMILES string of the molecule is CN(C[C@H]1CCN(C(=O)OC(C)(C)C)C1)c1nc2ccc([N+](=O)[O-])cc2[nH]1. The molecule has 1 atom stereocenters. The van der Waals surface area contributed by atoms with Crippen molar-refractivity contribution in [3.05, 3.63) is 28.3 Å². The standard InChI is InChI=1S/C18H25N5O4/c1-18(2,3)27-17(24)22-8-7-12(11-22)10-21(4)16-19-14-6-5-13(23(25)26)9-15(14)20-16/h5-6,9,12H,7-8,10-11H2,1-4H3,(H,19,20)/t12-/m1/s1. The van der Waals surface area contributed by atoms with Crippen molar-refractivity contribution in [3.63, 3.8) is 0 Å². The minimum Gasteiger partial charge on any atom is -0.444 e. The molecule has 1 saturated heterocycles.